The molecule has 5 nitrogen and oxygen atoms in total. The Morgan fingerprint density at radius 2 is 2.16 bits per heavy atom. The summed E-state index contributed by atoms with van der Waals surface area (Å²) < 4.78 is 0. The highest BCUT2D eigenvalue weighted by Gasteiger charge is 2.05. The fraction of sp³-hybridized carbons (Fsp3) is 0.286. The maximum atomic E-state index is 10.8. The molecule has 1 rings (SSSR count). The van der Waals surface area contributed by atoms with Crippen LogP contribution in [0.3, 0.4) is 0 Å². The van der Waals surface area contributed by atoms with Crippen LogP contribution in [0.5, 0.6) is 0 Å². The van der Waals surface area contributed by atoms with Crippen LogP contribution in [0.1, 0.15) is 36.2 Å². The van der Waals surface area contributed by atoms with Crippen LogP contribution in [0.25, 0.3) is 0 Å². The first-order valence-corrected chi connectivity index (χ1v) is 5.99. The Bertz CT molecular complexity index is 507. The average Bonchev–Trinajstić information content (AvgIpc) is 2.39. The molecule has 0 heterocycles. The highest BCUT2D eigenvalue weighted by atomic mass is 16.6. The van der Waals surface area contributed by atoms with Crippen LogP contribution < -0.4 is 5.73 Å². The summed E-state index contributed by atoms with van der Waals surface area (Å²) in [6.45, 7) is 4.35. The van der Waals surface area contributed by atoms with Crippen LogP contribution >= 0.6 is 0 Å². The Balaban J connectivity index is 2.71. The lowest BCUT2D eigenvalue weighted by Crippen LogP contribution is -2.15. The van der Waals surface area contributed by atoms with Crippen molar-refractivity contribution in [3.8, 4) is 0 Å². The van der Waals surface area contributed by atoms with Crippen LogP contribution in [-0.2, 0) is 4.84 Å². The number of carboxylic acids is 1. The summed E-state index contributed by atoms with van der Waals surface area (Å²) in [7, 11) is 0. The molecule has 0 saturated heterocycles. The molecule has 0 bridgehead atoms. The highest BCUT2D eigenvalue weighted by Crippen LogP contribution is 2.05. The number of allylic oxidation sites excluding steroid dienone is 1. The number of hydrogen-bond donors (Lipinski definition) is 2. The second-order valence-corrected chi connectivity index (χ2v) is 4.09. The number of rotatable bonds is 6. The summed E-state index contributed by atoms with van der Waals surface area (Å²) in [5.74, 6) is -0.843. The molecule has 3 N–H and O–H groups in total. The first-order chi connectivity index (χ1) is 9.04. The third-order valence-corrected chi connectivity index (χ3v) is 2.41. The van der Waals surface area contributed by atoms with Gasteiger partial charge in [-0.1, -0.05) is 30.3 Å². The smallest absolute Gasteiger partial charge is 0.335 e. The predicted molar refractivity (Wildman–Crippen MR) is 74.1 cm³/mol. The number of nitrogens with two attached hydrogens (primary N) is 1. The van der Waals surface area contributed by atoms with Crippen LogP contribution in [-0.4, -0.2) is 23.5 Å². The van der Waals surface area contributed by atoms with E-state index in [0.29, 0.717) is 12.2 Å². The first-order valence-electron chi connectivity index (χ1n) is 5.99. The van der Waals surface area contributed by atoms with E-state index in [1.165, 1.54) is 12.1 Å². The Morgan fingerprint density at radius 1 is 1.47 bits per heavy atom. The van der Waals surface area contributed by atoms with Crippen molar-refractivity contribution in [3.63, 3.8) is 0 Å². The van der Waals surface area contributed by atoms with Crippen LogP contribution in [0.4, 0.5) is 0 Å². The lowest BCUT2D eigenvalue weighted by Gasteiger charge is -2.03. The predicted octanol–water partition coefficient (Wildman–Crippen LogP) is 2.38. The Labute approximate surface area is 112 Å². The average molecular weight is 262 g/mol. The minimum Gasteiger partial charge on any atom is -0.478 e. The van der Waals surface area contributed by atoms with Gasteiger partial charge in [-0.25, -0.2) is 4.79 Å². The van der Waals surface area contributed by atoms with Gasteiger partial charge in [0.2, 0.25) is 0 Å². The molecule has 5 heteroatoms. The van der Waals surface area contributed by atoms with Crippen LogP contribution in [0.15, 0.2) is 41.1 Å². The number of nitrogens with zero attached hydrogens (tertiary/aromatic N) is 1. The largest absolute Gasteiger partial charge is 0.478 e. The molecule has 0 aliphatic heterocycles. The number of carboxylic acid groups (broad SMARTS) is 1. The van der Waals surface area contributed by atoms with E-state index in [1.807, 2.05) is 19.9 Å². The second kappa shape index (κ2) is 7.20. The van der Waals surface area contributed by atoms with E-state index in [-0.39, 0.29) is 11.4 Å². The van der Waals surface area contributed by atoms with Gasteiger partial charge in [0.15, 0.2) is 5.84 Å². The maximum absolute atomic E-state index is 10.8. The third-order valence-electron chi connectivity index (χ3n) is 2.41. The van der Waals surface area contributed by atoms with Gasteiger partial charge in [0, 0.05) is 5.56 Å². The van der Waals surface area contributed by atoms with Crippen molar-refractivity contribution in [3.05, 3.63) is 47.0 Å². The lowest BCUT2D eigenvalue weighted by molar-refractivity contribution is 0.0697. The number of amidine groups is 1. The highest BCUT2D eigenvalue weighted by molar-refractivity contribution is 5.99. The number of carbonyl (C=O) groups is 1. The SMILES string of the molecule is CC/C=C(\C)CO/N=C(\N)c1cccc(C(=O)O)c1. The fourth-order valence-corrected chi connectivity index (χ4v) is 1.48. The van der Waals surface area contributed by atoms with Gasteiger partial charge in [-0.15, -0.1) is 0 Å². The zero-order valence-electron chi connectivity index (χ0n) is 11.1. The Morgan fingerprint density at radius 3 is 2.79 bits per heavy atom. The molecule has 0 saturated carbocycles. The summed E-state index contributed by atoms with van der Waals surface area (Å²) in [5, 5.41) is 12.7. The maximum Gasteiger partial charge on any atom is 0.335 e. The molecule has 0 aromatic heterocycles. The van der Waals surface area contributed by atoms with Gasteiger partial charge in [-0.2, -0.15) is 0 Å². The lowest BCUT2D eigenvalue weighted by atomic mass is 10.1. The van der Waals surface area contributed by atoms with E-state index in [4.69, 9.17) is 15.7 Å². The molecule has 0 spiro atoms. The van der Waals surface area contributed by atoms with Gasteiger partial charge in [0.25, 0.3) is 0 Å². The minimum absolute atomic E-state index is 0.160. The summed E-state index contributed by atoms with van der Waals surface area (Å²) in [4.78, 5) is 15.9. The Kier molecular flexibility index (Phi) is 5.60. The monoisotopic (exact) mass is 262 g/mol. The van der Waals surface area contributed by atoms with E-state index in [9.17, 15) is 4.79 Å². The molecule has 0 radical (unpaired) electrons. The molecular weight excluding hydrogens is 244 g/mol. The molecule has 1 aromatic carbocycles. The topological polar surface area (TPSA) is 84.9 Å². The summed E-state index contributed by atoms with van der Waals surface area (Å²) in [6.07, 6.45) is 2.98. The Hall–Kier alpha value is -2.30. The standard InChI is InChI=1S/C14H18N2O3/c1-3-5-10(2)9-19-16-13(15)11-6-4-7-12(8-11)14(17)18/h4-8H,3,9H2,1-2H3,(H2,15,16)(H,17,18)/b10-5+. The second-order valence-electron chi connectivity index (χ2n) is 4.09. The van der Waals surface area contributed by atoms with Crippen LogP contribution in [0.2, 0.25) is 0 Å². The van der Waals surface area contributed by atoms with E-state index in [1.54, 1.807) is 12.1 Å². The van der Waals surface area contributed by atoms with E-state index in [0.717, 1.165) is 12.0 Å². The molecule has 0 atom stereocenters. The van der Waals surface area contributed by atoms with Crippen molar-refractivity contribution in [2.75, 3.05) is 6.61 Å². The number of benzene rings is 1. The van der Waals surface area contributed by atoms with E-state index < -0.39 is 5.97 Å². The van der Waals surface area contributed by atoms with Crippen molar-refractivity contribution >= 4 is 11.8 Å². The van der Waals surface area contributed by atoms with Crippen LogP contribution in [0, 0.1) is 0 Å². The number of aromatic carboxylic acids is 1. The zero-order chi connectivity index (χ0) is 14.3. The third kappa shape index (κ3) is 4.83. The molecule has 0 aliphatic carbocycles. The summed E-state index contributed by atoms with van der Waals surface area (Å²) in [5.41, 5.74) is 7.49. The summed E-state index contributed by atoms with van der Waals surface area (Å²) >= 11 is 0. The van der Waals surface area contributed by atoms with Crippen molar-refractivity contribution in [2.24, 2.45) is 10.9 Å². The van der Waals surface area contributed by atoms with Crippen molar-refractivity contribution in [2.45, 2.75) is 20.3 Å². The number of oxime groups is 1. The molecule has 0 fully saturated rings. The number of hydrogen-bond acceptors (Lipinski definition) is 3. The molecule has 102 valence electrons. The fourth-order valence-electron chi connectivity index (χ4n) is 1.48. The van der Waals surface area contributed by atoms with Crippen molar-refractivity contribution in [1.82, 2.24) is 0 Å². The zero-order valence-corrected chi connectivity index (χ0v) is 11.1. The summed E-state index contributed by atoms with van der Waals surface area (Å²) in [6, 6.07) is 6.25. The van der Waals surface area contributed by atoms with Gasteiger partial charge in [0.1, 0.15) is 6.61 Å². The molecule has 0 aliphatic rings. The van der Waals surface area contributed by atoms with E-state index >= 15 is 0 Å². The normalized spacial score (nSPS) is 12.3. The van der Waals surface area contributed by atoms with Gasteiger partial charge in [-0.3, -0.25) is 0 Å². The van der Waals surface area contributed by atoms with E-state index in [2.05, 4.69) is 5.16 Å². The molecule has 19 heavy (non-hydrogen) atoms. The van der Waals surface area contributed by atoms with Crippen molar-refractivity contribution in [1.29, 1.82) is 0 Å². The molecular formula is C14H18N2O3. The molecule has 0 unspecified atom stereocenters. The minimum atomic E-state index is -1.00. The van der Waals surface area contributed by atoms with Gasteiger partial charge >= 0.3 is 5.97 Å². The van der Waals surface area contributed by atoms with Gasteiger partial charge in [-0.05, 0) is 31.1 Å². The quantitative estimate of drug-likeness (QED) is 0.357. The first kappa shape index (κ1) is 14.8. The van der Waals surface area contributed by atoms with Gasteiger partial charge < -0.3 is 15.7 Å². The molecule has 1 aromatic rings. The van der Waals surface area contributed by atoms with Gasteiger partial charge in [0.05, 0.1) is 5.56 Å². The molecule has 0 amide bonds. The van der Waals surface area contributed by atoms with Crippen molar-refractivity contribution < 1.29 is 14.7 Å².